The number of aromatic nitrogens is 1. The summed E-state index contributed by atoms with van der Waals surface area (Å²) in [6.07, 6.45) is 7.57. The second kappa shape index (κ2) is 5.89. The number of fused-ring (bicyclic) bond motifs is 1. The van der Waals surface area contributed by atoms with E-state index in [2.05, 4.69) is 51.9 Å². The summed E-state index contributed by atoms with van der Waals surface area (Å²) in [5.74, 6) is 0. The summed E-state index contributed by atoms with van der Waals surface area (Å²) in [5, 5.41) is 3.77. The first-order valence-corrected chi connectivity index (χ1v) is 8.57. The average molecular weight is 384 g/mol. The van der Waals surface area contributed by atoms with Crippen molar-refractivity contribution in [2.24, 2.45) is 0 Å². The van der Waals surface area contributed by atoms with Crippen LogP contribution < -0.4 is 5.32 Å². The minimum Gasteiger partial charge on any atom is -0.303 e. The molecular weight excluding hydrogens is 367 g/mol. The lowest BCUT2D eigenvalue weighted by molar-refractivity contribution is 0.418. The molecule has 3 rings (SSSR count). The Labute approximate surface area is 131 Å². The van der Waals surface area contributed by atoms with E-state index in [1.807, 2.05) is 29.8 Å². The predicted octanol–water partition coefficient (Wildman–Crippen LogP) is 4.48. The van der Waals surface area contributed by atoms with Gasteiger partial charge in [-0.3, -0.25) is 4.98 Å². The Morgan fingerprint density at radius 3 is 3.21 bits per heavy atom. The van der Waals surface area contributed by atoms with Gasteiger partial charge in [-0.05, 0) is 72.0 Å². The molecule has 0 bridgehead atoms. The van der Waals surface area contributed by atoms with Gasteiger partial charge in [-0.25, -0.2) is 0 Å². The lowest BCUT2D eigenvalue weighted by Gasteiger charge is -2.27. The van der Waals surface area contributed by atoms with Crippen LogP contribution in [-0.4, -0.2) is 4.98 Å². The van der Waals surface area contributed by atoms with Crippen molar-refractivity contribution in [3.8, 4) is 0 Å². The van der Waals surface area contributed by atoms with Gasteiger partial charge >= 0.3 is 0 Å². The number of thiophene rings is 1. The molecule has 2 atom stereocenters. The molecule has 0 aliphatic heterocycles. The van der Waals surface area contributed by atoms with Crippen molar-refractivity contribution in [1.82, 2.24) is 10.3 Å². The Morgan fingerprint density at radius 1 is 1.53 bits per heavy atom. The van der Waals surface area contributed by atoms with Gasteiger partial charge in [-0.15, -0.1) is 11.3 Å². The number of aryl methyl sites for hydroxylation is 1. The van der Waals surface area contributed by atoms with E-state index in [1.165, 1.54) is 33.3 Å². The molecule has 4 heteroatoms. The standard InChI is InChI=1S/C15H17IN2S/c1-10(11-4-3-7-17-9-11)18-13-5-2-6-14-12(13)8-15(16)19-14/h3-4,7-10,13,18H,2,5-6H2,1H3. The number of halogens is 1. The lowest BCUT2D eigenvalue weighted by atomic mass is 9.93. The Morgan fingerprint density at radius 2 is 2.42 bits per heavy atom. The maximum absolute atomic E-state index is 4.21. The monoisotopic (exact) mass is 384 g/mol. The maximum Gasteiger partial charge on any atom is 0.0659 e. The number of pyridine rings is 1. The average Bonchev–Trinajstić information content (AvgIpc) is 2.81. The zero-order valence-corrected chi connectivity index (χ0v) is 13.9. The molecule has 0 saturated carbocycles. The van der Waals surface area contributed by atoms with Crippen molar-refractivity contribution < 1.29 is 0 Å². The van der Waals surface area contributed by atoms with Crippen LogP contribution in [0.2, 0.25) is 0 Å². The zero-order valence-electron chi connectivity index (χ0n) is 10.9. The van der Waals surface area contributed by atoms with E-state index in [1.54, 1.807) is 4.88 Å². The van der Waals surface area contributed by atoms with E-state index in [0.717, 1.165) is 0 Å². The van der Waals surface area contributed by atoms with E-state index in [-0.39, 0.29) is 0 Å². The smallest absolute Gasteiger partial charge is 0.0659 e. The quantitative estimate of drug-likeness (QED) is 0.790. The molecule has 0 aromatic carbocycles. The van der Waals surface area contributed by atoms with Crippen LogP contribution in [0.1, 0.15) is 47.9 Å². The number of nitrogens with zero attached hydrogens (tertiary/aromatic N) is 1. The molecular formula is C15H17IN2S. The zero-order chi connectivity index (χ0) is 13.2. The molecule has 100 valence electrons. The minimum atomic E-state index is 0.349. The second-order valence-corrected chi connectivity index (χ2v) is 8.08. The molecule has 2 nitrogen and oxygen atoms in total. The Hall–Kier alpha value is -0.460. The number of hydrogen-bond acceptors (Lipinski definition) is 3. The van der Waals surface area contributed by atoms with Crippen LogP contribution in [0.5, 0.6) is 0 Å². The second-order valence-electron chi connectivity index (χ2n) is 5.05. The van der Waals surface area contributed by atoms with Gasteiger partial charge in [-0.2, -0.15) is 0 Å². The fourth-order valence-electron chi connectivity index (χ4n) is 2.72. The Bertz CT molecular complexity index is 553. The van der Waals surface area contributed by atoms with Crippen LogP contribution >= 0.6 is 33.9 Å². The normalized spacial score (nSPS) is 20.0. The molecule has 1 N–H and O–H groups in total. The highest BCUT2D eigenvalue weighted by molar-refractivity contribution is 14.1. The summed E-state index contributed by atoms with van der Waals surface area (Å²) in [6.45, 7) is 2.22. The summed E-state index contributed by atoms with van der Waals surface area (Å²) in [4.78, 5) is 5.78. The first-order valence-electron chi connectivity index (χ1n) is 6.68. The van der Waals surface area contributed by atoms with Gasteiger partial charge in [-0.1, -0.05) is 6.07 Å². The van der Waals surface area contributed by atoms with Crippen LogP contribution in [-0.2, 0) is 6.42 Å². The van der Waals surface area contributed by atoms with Crippen LogP contribution in [0.15, 0.2) is 30.6 Å². The van der Waals surface area contributed by atoms with Crippen LogP contribution in [0.4, 0.5) is 0 Å². The SMILES string of the molecule is CC(NC1CCCc2sc(I)cc21)c1cccnc1. The maximum atomic E-state index is 4.21. The summed E-state index contributed by atoms with van der Waals surface area (Å²) < 4.78 is 1.41. The topological polar surface area (TPSA) is 24.9 Å². The Balaban J connectivity index is 1.77. The molecule has 0 spiro atoms. The molecule has 1 aliphatic rings. The molecule has 2 heterocycles. The van der Waals surface area contributed by atoms with E-state index in [0.29, 0.717) is 12.1 Å². The summed E-state index contributed by atoms with van der Waals surface area (Å²) in [5.41, 5.74) is 2.79. The molecule has 2 aromatic heterocycles. The van der Waals surface area contributed by atoms with Crippen LogP contribution in [0, 0.1) is 2.88 Å². The van der Waals surface area contributed by atoms with Gasteiger partial charge < -0.3 is 5.32 Å². The lowest BCUT2D eigenvalue weighted by Crippen LogP contribution is -2.27. The van der Waals surface area contributed by atoms with Crippen LogP contribution in [0.25, 0.3) is 0 Å². The fraction of sp³-hybridized carbons (Fsp3) is 0.400. The summed E-state index contributed by atoms with van der Waals surface area (Å²) in [6, 6.07) is 7.35. The van der Waals surface area contributed by atoms with Crippen molar-refractivity contribution in [2.75, 3.05) is 0 Å². The highest BCUT2D eigenvalue weighted by Gasteiger charge is 2.24. The van der Waals surface area contributed by atoms with E-state index in [4.69, 9.17) is 0 Å². The van der Waals surface area contributed by atoms with Gasteiger partial charge in [0, 0.05) is 29.4 Å². The largest absolute Gasteiger partial charge is 0.303 e. The third-order valence-electron chi connectivity index (χ3n) is 3.72. The highest BCUT2D eigenvalue weighted by atomic mass is 127. The number of rotatable bonds is 3. The summed E-state index contributed by atoms with van der Waals surface area (Å²) >= 11 is 4.39. The minimum absolute atomic E-state index is 0.349. The molecule has 0 saturated heterocycles. The summed E-state index contributed by atoms with van der Waals surface area (Å²) in [7, 11) is 0. The molecule has 0 amide bonds. The number of nitrogens with one attached hydrogen (secondary N) is 1. The van der Waals surface area contributed by atoms with E-state index < -0.39 is 0 Å². The predicted molar refractivity (Wildman–Crippen MR) is 88.5 cm³/mol. The van der Waals surface area contributed by atoms with Gasteiger partial charge in [0.1, 0.15) is 0 Å². The molecule has 1 aliphatic carbocycles. The molecule has 2 unspecified atom stereocenters. The van der Waals surface area contributed by atoms with Gasteiger partial charge in [0.2, 0.25) is 0 Å². The molecule has 2 aromatic rings. The van der Waals surface area contributed by atoms with Gasteiger partial charge in [0.25, 0.3) is 0 Å². The third-order valence-corrected chi connectivity index (χ3v) is 5.69. The van der Waals surface area contributed by atoms with Crippen molar-refractivity contribution in [3.63, 3.8) is 0 Å². The highest BCUT2D eigenvalue weighted by Crippen LogP contribution is 2.37. The van der Waals surface area contributed by atoms with Crippen molar-refractivity contribution >= 4 is 33.9 Å². The first-order chi connectivity index (χ1) is 9.24. The van der Waals surface area contributed by atoms with Gasteiger partial charge in [0.05, 0.1) is 2.88 Å². The van der Waals surface area contributed by atoms with Crippen molar-refractivity contribution in [2.45, 2.75) is 38.3 Å². The number of hydrogen-bond donors (Lipinski definition) is 1. The third kappa shape index (κ3) is 3.01. The van der Waals surface area contributed by atoms with E-state index in [9.17, 15) is 0 Å². The van der Waals surface area contributed by atoms with Crippen molar-refractivity contribution in [3.05, 3.63) is 49.5 Å². The molecule has 0 fully saturated rings. The first kappa shape index (κ1) is 13.5. The Kier molecular flexibility index (Phi) is 4.19. The van der Waals surface area contributed by atoms with Crippen LogP contribution in [0.3, 0.4) is 0 Å². The van der Waals surface area contributed by atoms with Gasteiger partial charge in [0.15, 0.2) is 0 Å². The van der Waals surface area contributed by atoms with E-state index >= 15 is 0 Å². The molecule has 19 heavy (non-hydrogen) atoms. The fourth-order valence-corrected chi connectivity index (χ4v) is 4.84. The molecule has 0 radical (unpaired) electrons. The van der Waals surface area contributed by atoms with Crippen molar-refractivity contribution in [1.29, 1.82) is 0 Å².